The molecule has 0 spiro atoms. The highest BCUT2D eigenvalue weighted by Gasteiger charge is 2.22. The van der Waals surface area contributed by atoms with Crippen molar-refractivity contribution in [2.75, 3.05) is 11.9 Å². The molecule has 6 nitrogen and oxygen atoms in total. The summed E-state index contributed by atoms with van der Waals surface area (Å²) in [7, 11) is 0. The summed E-state index contributed by atoms with van der Waals surface area (Å²) in [5.41, 5.74) is 0. The van der Waals surface area contributed by atoms with E-state index in [1.165, 1.54) is 0 Å². The molecule has 0 radical (unpaired) electrons. The Hall–Kier alpha value is -1.59. The third-order valence-electron chi connectivity index (χ3n) is 2.76. The molecule has 100 valence electrons. The van der Waals surface area contributed by atoms with Gasteiger partial charge in [0, 0.05) is 24.9 Å². The molecule has 1 fully saturated rings. The van der Waals surface area contributed by atoms with Crippen molar-refractivity contribution >= 4 is 11.9 Å². The van der Waals surface area contributed by atoms with Gasteiger partial charge < -0.3 is 15.2 Å². The molecule has 1 heterocycles. The van der Waals surface area contributed by atoms with E-state index in [9.17, 15) is 4.79 Å². The molecule has 0 unspecified atom stereocenters. The van der Waals surface area contributed by atoms with Gasteiger partial charge in [0.2, 0.25) is 5.91 Å². The Morgan fingerprint density at radius 3 is 2.89 bits per heavy atom. The number of hydrogen-bond donors (Lipinski definition) is 2. The third-order valence-corrected chi connectivity index (χ3v) is 2.76. The van der Waals surface area contributed by atoms with Gasteiger partial charge in [0.15, 0.2) is 5.82 Å². The van der Waals surface area contributed by atoms with Gasteiger partial charge in [0.25, 0.3) is 0 Å². The summed E-state index contributed by atoms with van der Waals surface area (Å²) in [6, 6.07) is 0.872. The Kier molecular flexibility index (Phi) is 4.17. The van der Waals surface area contributed by atoms with Gasteiger partial charge in [-0.25, -0.2) is 0 Å². The number of rotatable bonds is 7. The van der Waals surface area contributed by atoms with E-state index < -0.39 is 0 Å². The molecule has 6 heteroatoms. The molecule has 0 atom stereocenters. The fourth-order valence-electron chi connectivity index (χ4n) is 1.51. The normalized spacial score (nSPS) is 14.8. The Morgan fingerprint density at radius 1 is 1.50 bits per heavy atom. The van der Waals surface area contributed by atoms with Crippen molar-refractivity contribution < 1.29 is 9.32 Å². The number of carbonyl (C=O) groups is 1. The monoisotopic (exact) mass is 252 g/mol. The molecular weight excluding hydrogens is 232 g/mol. The van der Waals surface area contributed by atoms with Crippen LogP contribution in [0.4, 0.5) is 6.01 Å². The predicted octanol–water partition coefficient (Wildman–Crippen LogP) is 1.66. The maximum atomic E-state index is 11.4. The molecule has 1 aliphatic rings. The average molecular weight is 252 g/mol. The molecule has 1 amide bonds. The Morgan fingerprint density at radius 2 is 2.28 bits per heavy atom. The summed E-state index contributed by atoms with van der Waals surface area (Å²) in [5, 5.41) is 9.83. The van der Waals surface area contributed by atoms with E-state index in [4.69, 9.17) is 4.52 Å². The Balaban J connectivity index is 1.60. The minimum atomic E-state index is 0.132. The van der Waals surface area contributed by atoms with Gasteiger partial charge in [0.05, 0.1) is 0 Å². The summed E-state index contributed by atoms with van der Waals surface area (Å²) in [5.74, 6) is 1.09. The quantitative estimate of drug-likeness (QED) is 0.721. The zero-order valence-corrected chi connectivity index (χ0v) is 10.9. The molecule has 1 saturated carbocycles. The summed E-state index contributed by atoms with van der Waals surface area (Å²) < 4.78 is 5.03. The SMILES string of the molecule is CC(C)c1noc(NCCCC(=O)NC2CC2)n1. The molecule has 2 rings (SSSR count). The van der Waals surface area contributed by atoms with E-state index in [2.05, 4.69) is 20.8 Å². The van der Waals surface area contributed by atoms with Crippen LogP contribution in [0.5, 0.6) is 0 Å². The number of aromatic nitrogens is 2. The summed E-state index contributed by atoms with van der Waals surface area (Å²) in [6.45, 7) is 4.69. The van der Waals surface area contributed by atoms with Crippen molar-refractivity contribution in [3.05, 3.63) is 5.82 Å². The highest BCUT2D eigenvalue weighted by atomic mass is 16.5. The molecule has 0 bridgehead atoms. The highest BCUT2D eigenvalue weighted by Crippen LogP contribution is 2.18. The topological polar surface area (TPSA) is 80.0 Å². The highest BCUT2D eigenvalue weighted by molar-refractivity contribution is 5.76. The molecular formula is C12H20N4O2. The van der Waals surface area contributed by atoms with Crippen molar-refractivity contribution in [2.24, 2.45) is 0 Å². The van der Waals surface area contributed by atoms with Crippen molar-refractivity contribution in [2.45, 2.75) is 51.5 Å². The fraction of sp³-hybridized carbons (Fsp3) is 0.750. The minimum Gasteiger partial charge on any atom is -0.353 e. The standard InChI is InChI=1S/C12H20N4O2/c1-8(2)11-15-12(18-16-11)13-7-3-4-10(17)14-9-5-6-9/h8-9H,3-7H2,1-2H3,(H,14,17)(H,13,15,16). The number of nitrogens with zero attached hydrogens (tertiary/aromatic N) is 2. The lowest BCUT2D eigenvalue weighted by Gasteiger charge is -2.03. The van der Waals surface area contributed by atoms with Gasteiger partial charge in [-0.15, -0.1) is 0 Å². The van der Waals surface area contributed by atoms with Crippen LogP contribution in [0.2, 0.25) is 0 Å². The van der Waals surface area contributed by atoms with Crippen LogP contribution in [-0.4, -0.2) is 28.6 Å². The molecule has 2 N–H and O–H groups in total. The number of amides is 1. The molecule has 0 aromatic carbocycles. The van der Waals surface area contributed by atoms with Gasteiger partial charge >= 0.3 is 6.01 Å². The van der Waals surface area contributed by atoms with Crippen LogP contribution in [0.3, 0.4) is 0 Å². The first-order chi connectivity index (χ1) is 8.65. The van der Waals surface area contributed by atoms with Crippen LogP contribution < -0.4 is 10.6 Å². The maximum Gasteiger partial charge on any atom is 0.321 e. The first-order valence-electron chi connectivity index (χ1n) is 6.52. The molecule has 1 aromatic rings. The second-order valence-electron chi connectivity index (χ2n) is 4.98. The second-order valence-corrected chi connectivity index (χ2v) is 4.98. The number of hydrogen-bond acceptors (Lipinski definition) is 5. The van der Waals surface area contributed by atoms with E-state index in [0.29, 0.717) is 30.8 Å². The molecule has 1 aromatic heterocycles. The average Bonchev–Trinajstić information content (AvgIpc) is 2.99. The lowest BCUT2D eigenvalue weighted by molar-refractivity contribution is -0.121. The van der Waals surface area contributed by atoms with Crippen molar-refractivity contribution in [3.63, 3.8) is 0 Å². The molecule has 0 aliphatic heterocycles. The fourth-order valence-corrected chi connectivity index (χ4v) is 1.51. The van der Waals surface area contributed by atoms with Crippen LogP contribution in [0.15, 0.2) is 4.52 Å². The third kappa shape index (κ3) is 4.01. The van der Waals surface area contributed by atoms with E-state index in [1.807, 2.05) is 13.8 Å². The first kappa shape index (κ1) is 12.9. The van der Waals surface area contributed by atoms with Crippen LogP contribution in [-0.2, 0) is 4.79 Å². The van der Waals surface area contributed by atoms with Gasteiger partial charge in [-0.2, -0.15) is 4.98 Å². The van der Waals surface area contributed by atoms with Crippen LogP contribution in [0.1, 0.15) is 51.3 Å². The van der Waals surface area contributed by atoms with E-state index in [-0.39, 0.29) is 11.8 Å². The zero-order chi connectivity index (χ0) is 13.0. The smallest absolute Gasteiger partial charge is 0.321 e. The van der Waals surface area contributed by atoms with Gasteiger partial charge in [0.1, 0.15) is 0 Å². The largest absolute Gasteiger partial charge is 0.353 e. The van der Waals surface area contributed by atoms with E-state index >= 15 is 0 Å². The summed E-state index contributed by atoms with van der Waals surface area (Å²) in [6.07, 6.45) is 3.56. The number of anilines is 1. The second kappa shape index (κ2) is 5.84. The van der Waals surface area contributed by atoms with E-state index in [1.54, 1.807) is 0 Å². The van der Waals surface area contributed by atoms with Crippen molar-refractivity contribution in [1.29, 1.82) is 0 Å². The summed E-state index contributed by atoms with van der Waals surface area (Å²) >= 11 is 0. The lowest BCUT2D eigenvalue weighted by Crippen LogP contribution is -2.25. The minimum absolute atomic E-state index is 0.132. The van der Waals surface area contributed by atoms with Gasteiger partial charge in [-0.05, 0) is 19.3 Å². The van der Waals surface area contributed by atoms with Gasteiger partial charge in [-0.3, -0.25) is 4.79 Å². The Labute approximate surface area is 107 Å². The number of carbonyl (C=O) groups excluding carboxylic acids is 1. The molecule has 0 saturated heterocycles. The van der Waals surface area contributed by atoms with Crippen molar-refractivity contribution in [3.8, 4) is 0 Å². The van der Waals surface area contributed by atoms with Crippen LogP contribution in [0.25, 0.3) is 0 Å². The molecule has 1 aliphatic carbocycles. The van der Waals surface area contributed by atoms with Crippen LogP contribution in [0, 0.1) is 0 Å². The van der Waals surface area contributed by atoms with Crippen LogP contribution >= 0.6 is 0 Å². The van der Waals surface area contributed by atoms with Gasteiger partial charge in [-0.1, -0.05) is 19.0 Å². The van der Waals surface area contributed by atoms with E-state index in [0.717, 1.165) is 19.3 Å². The van der Waals surface area contributed by atoms with Crippen molar-refractivity contribution in [1.82, 2.24) is 15.5 Å². The molecule has 18 heavy (non-hydrogen) atoms. The predicted molar refractivity (Wildman–Crippen MR) is 67.3 cm³/mol. The first-order valence-corrected chi connectivity index (χ1v) is 6.52. The number of nitrogens with one attached hydrogen (secondary N) is 2. The Bertz CT molecular complexity index is 399. The zero-order valence-electron chi connectivity index (χ0n) is 10.9. The maximum absolute atomic E-state index is 11.4. The summed E-state index contributed by atoms with van der Waals surface area (Å²) in [4.78, 5) is 15.6. The lowest BCUT2D eigenvalue weighted by atomic mass is 10.2.